The number of hydrogen-bond donors (Lipinski definition) is 2. The Hall–Kier alpha value is -1.00. The van der Waals surface area contributed by atoms with E-state index in [2.05, 4.69) is 10.6 Å². The van der Waals surface area contributed by atoms with Gasteiger partial charge in [-0.15, -0.1) is 0 Å². The van der Waals surface area contributed by atoms with E-state index < -0.39 is 11.6 Å². The molecule has 0 amide bonds. The number of hydrogen-bond acceptors (Lipinski definition) is 2. The van der Waals surface area contributed by atoms with E-state index in [4.69, 9.17) is 0 Å². The molecule has 2 rings (SSSR count). The molecule has 0 spiro atoms. The molecular weight excluding hydrogens is 198 g/mol. The lowest BCUT2D eigenvalue weighted by Crippen LogP contribution is -2.49. The van der Waals surface area contributed by atoms with Crippen LogP contribution in [0, 0.1) is 11.6 Å². The number of benzene rings is 1. The van der Waals surface area contributed by atoms with E-state index in [1.54, 1.807) is 0 Å². The van der Waals surface area contributed by atoms with Crippen LogP contribution in [-0.4, -0.2) is 25.7 Å². The highest BCUT2D eigenvalue weighted by Crippen LogP contribution is 2.14. The summed E-state index contributed by atoms with van der Waals surface area (Å²) in [6.45, 7) is 2.52. The first-order valence-electron chi connectivity index (χ1n) is 5.14. The highest BCUT2D eigenvalue weighted by Gasteiger charge is 2.17. The van der Waals surface area contributed by atoms with Crippen molar-refractivity contribution in [1.29, 1.82) is 0 Å². The van der Waals surface area contributed by atoms with Gasteiger partial charge in [-0.3, -0.25) is 0 Å². The molecule has 82 valence electrons. The van der Waals surface area contributed by atoms with Crippen LogP contribution in [0.4, 0.5) is 8.78 Å². The highest BCUT2D eigenvalue weighted by atomic mass is 19.1. The van der Waals surface area contributed by atoms with Crippen molar-refractivity contribution in [3.05, 3.63) is 35.4 Å². The largest absolute Gasteiger partial charge is 0.314 e. The van der Waals surface area contributed by atoms with Crippen molar-refractivity contribution in [2.75, 3.05) is 19.6 Å². The third-order valence-electron chi connectivity index (χ3n) is 2.64. The molecule has 0 radical (unpaired) electrons. The van der Waals surface area contributed by atoms with Gasteiger partial charge >= 0.3 is 0 Å². The van der Waals surface area contributed by atoms with E-state index in [9.17, 15) is 8.78 Å². The molecule has 0 aromatic heterocycles. The summed E-state index contributed by atoms with van der Waals surface area (Å²) >= 11 is 0. The standard InChI is InChI=1S/C11H14F2N2/c12-10-2-1-3-11(13)9(10)6-8-7-14-4-5-15-8/h1-3,8,14-15H,4-7H2/t8-/m1/s1. The summed E-state index contributed by atoms with van der Waals surface area (Å²) in [7, 11) is 0. The Balaban J connectivity index is 2.09. The summed E-state index contributed by atoms with van der Waals surface area (Å²) < 4.78 is 26.6. The number of rotatable bonds is 2. The fraction of sp³-hybridized carbons (Fsp3) is 0.455. The third-order valence-corrected chi connectivity index (χ3v) is 2.64. The van der Waals surface area contributed by atoms with Gasteiger partial charge in [-0.1, -0.05) is 6.07 Å². The van der Waals surface area contributed by atoms with Gasteiger partial charge < -0.3 is 10.6 Å². The normalized spacial score (nSPS) is 21.6. The van der Waals surface area contributed by atoms with Crippen LogP contribution >= 0.6 is 0 Å². The summed E-state index contributed by atoms with van der Waals surface area (Å²) in [6, 6.07) is 4.11. The average Bonchev–Trinajstić information content (AvgIpc) is 2.25. The molecule has 0 saturated carbocycles. The minimum Gasteiger partial charge on any atom is -0.314 e. The van der Waals surface area contributed by atoms with Crippen molar-refractivity contribution in [3.8, 4) is 0 Å². The Morgan fingerprint density at radius 2 is 1.93 bits per heavy atom. The quantitative estimate of drug-likeness (QED) is 0.766. The second-order valence-corrected chi connectivity index (χ2v) is 3.76. The Morgan fingerprint density at radius 1 is 1.20 bits per heavy atom. The maximum atomic E-state index is 13.3. The van der Waals surface area contributed by atoms with Crippen LogP contribution in [-0.2, 0) is 6.42 Å². The molecule has 1 aliphatic rings. The second-order valence-electron chi connectivity index (χ2n) is 3.76. The SMILES string of the molecule is Fc1cccc(F)c1C[C@@H]1CNCCN1. The molecule has 0 unspecified atom stereocenters. The van der Waals surface area contributed by atoms with Gasteiger partial charge in [-0.25, -0.2) is 8.78 Å². The van der Waals surface area contributed by atoms with Crippen LogP contribution in [0.2, 0.25) is 0 Å². The van der Waals surface area contributed by atoms with Gasteiger partial charge in [0.25, 0.3) is 0 Å². The lowest BCUT2D eigenvalue weighted by molar-refractivity contribution is 0.405. The molecule has 1 saturated heterocycles. The molecule has 4 heteroatoms. The lowest BCUT2D eigenvalue weighted by atomic mass is 10.0. The first kappa shape index (κ1) is 10.5. The first-order valence-corrected chi connectivity index (χ1v) is 5.14. The van der Waals surface area contributed by atoms with Crippen molar-refractivity contribution in [2.45, 2.75) is 12.5 Å². The fourth-order valence-corrected chi connectivity index (χ4v) is 1.83. The molecule has 0 aliphatic carbocycles. The predicted molar refractivity (Wildman–Crippen MR) is 54.7 cm³/mol. The molecule has 1 aromatic rings. The summed E-state index contributed by atoms with van der Waals surface area (Å²) in [5.74, 6) is -0.912. The molecule has 2 N–H and O–H groups in total. The number of nitrogens with one attached hydrogen (secondary N) is 2. The monoisotopic (exact) mass is 212 g/mol. The van der Waals surface area contributed by atoms with E-state index in [1.165, 1.54) is 18.2 Å². The first-order chi connectivity index (χ1) is 7.27. The van der Waals surface area contributed by atoms with Gasteiger partial charge in [0.15, 0.2) is 0 Å². The van der Waals surface area contributed by atoms with Crippen molar-refractivity contribution >= 4 is 0 Å². The predicted octanol–water partition coefficient (Wildman–Crippen LogP) is 1.07. The van der Waals surface area contributed by atoms with Crippen LogP contribution < -0.4 is 10.6 Å². The van der Waals surface area contributed by atoms with Gasteiger partial charge in [0.1, 0.15) is 11.6 Å². The Bertz CT molecular complexity index is 315. The molecule has 1 atom stereocenters. The third kappa shape index (κ3) is 2.52. The van der Waals surface area contributed by atoms with E-state index in [0.717, 1.165) is 19.6 Å². The van der Waals surface area contributed by atoms with E-state index >= 15 is 0 Å². The lowest BCUT2D eigenvalue weighted by Gasteiger charge is -2.24. The smallest absolute Gasteiger partial charge is 0.129 e. The maximum absolute atomic E-state index is 13.3. The van der Waals surface area contributed by atoms with E-state index in [-0.39, 0.29) is 11.6 Å². The molecule has 1 aliphatic heterocycles. The second kappa shape index (κ2) is 4.68. The minimum atomic E-state index is -0.456. The van der Waals surface area contributed by atoms with Crippen molar-refractivity contribution in [1.82, 2.24) is 10.6 Å². The Morgan fingerprint density at radius 3 is 2.53 bits per heavy atom. The van der Waals surface area contributed by atoms with Crippen LogP contribution in [0.5, 0.6) is 0 Å². The number of halogens is 2. The molecular formula is C11H14F2N2. The van der Waals surface area contributed by atoms with Crippen molar-refractivity contribution in [2.24, 2.45) is 0 Å². The summed E-state index contributed by atoms with van der Waals surface area (Å²) in [5.41, 5.74) is 0.179. The molecule has 0 bridgehead atoms. The van der Waals surface area contributed by atoms with E-state index in [0.29, 0.717) is 6.42 Å². The molecule has 1 heterocycles. The van der Waals surface area contributed by atoms with Gasteiger partial charge in [0.05, 0.1) is 0 Å². The number of piperazine rings is 1. The zero-order chi connectivity index (χ0) is 10.7. The van der Waals surface area contributed by atoms with E-state index in [1.807, 2.05) is 0 Å². The Labute approximate surface area is 87.7 Å². The maximum Gasteiger partial charge on any atom is 0.129 e. The topological polar surface area (TPSA) is 24.1 Å². The van der Waals surface area contributed by atoms with Crippen LogP contribution in [0.25, 0.3) is 0 Å². The summed E-state index contributed by atoms with van der Waals surface area (Å²) in [5, 5.41) is 6.41. The van der Waals surface area contributed by atoms with Crippen LogP contribution in [0.1, 0.15) is 5.56 Å². The Kier molecular flexibility index (Phi) is 3.28. The van der Waals surface area contributed by atoms with Crippen LogP contribution in [0.15, 0.2) is 18.2 Å². The summed E-state index contributed by atoms with van der Waals surface area (Å²) in [6.07, 6.45) is 0.394. The summed E-state index contributed by atoms with van der Waals surface area (Å²) in [4.78, 5) is 0. The minimum absolute atomic E-state index is 0.116. The van der Waals surface area contributed by atoms with Gasteiger partial charge in [0, 0.05) is 31.2 Å². The molecule has 1 fully saturated rings. The molecule has 2 nitrogen and oxygen atoms in total. The molecule has 15 heavy (non-hydrogen) atoms. The van der Waals surface area contributed by atoms with Crippen molar-refractivity contribution in [3.63, 3.8) is 0 Å². The highest BCUT2D eigenvalue weighted by molar-refractivity contribution is 5.21. The zero-order valence-electron chi connectivity index (χ0n) is 8.39. The van der Waals surface area contributed by atoms with Gasteiger partial charge in [-0.05, 0) is 18.6 Å². The van der Waals surface area contributed by atoms with Gasteiger partial charge in [-0.2, -0.15) is 0 Å². The van der Waals surface area contributed by atoms with Crippen LogP contribution in [0.3, 0.4) is 0 Å². The fourth-order valence-electron chi connectivity index (χ4n) is 1.83. The zero-order valence-corrected chi connectivity index (χ0v) is 8.39. The van der Waals surface area contributed by atoms with Crippen molar-refractivity contribution < 1.29 is 8.78 Å². The van der Waals surface area contributed by atoms with Gasteiger partial charge in [0.2, 0.25) is 0 Å². The average molecular weight is 212 g/mol. The molecule has 1 aromatic carbocycles.